The molecule has 1 aliphatic rings. The first-order valence-electron chi connectivity index (χ1n) is 12.4. The van der Waals surface area contributed by atoms with Crippen LogP contribution in [0.4, 0.5) is 5.13 Å². The van der Waals surface area contributed by atoms with Gasteiger partial charge in [0.05, 0.1) is 21.7 Å². The summed E-state index contributed by atoms with van der Waals surface area (Å²) in [5.41, 5.74) is 4.37. The van der Waals surface area contributed by atoms with Gasteiger partial charge in [-0.05, 0) is 86.7 Å². The minimum Gasteiger partial charge on any atom is -0.279 e. The first-order valence-corrected chi connectivity index (χ1v) is 14.7. The molecule has 0 radical (unpaired) electrons. The number of anilines is 1. The number of carbonyl (C=O) groups is 1. The lowest BCUT2D eigenvalue weighted by Crippen LogP contribution is -2.41. The van der Waals surface area contributed by atoms with Crippen molar-refractivity contribution in [1.29, 1.82) is 0 Å². The van der Waals surface area contributed by atoms with Gasteiger partial charge in [-0.3, -0.25) is 14.7 Å². The summed E-state index contributed by atoms with van der Waals surface area (Å²) in [4.78, 5) is 24.7. The Kier molecular flexibility index (Phi) is 7.11. The Labute approximate surface area is 221 Å². The van der Waals surface area contributed by atoms with Crippen LogP contribution < -0.4 is 4.90 Å². The zero-order valence-electron chi connectivity index (χ0n) is 21.2. The molecule has 9 heteroatoms. The molecule has 192 valence electrons. The highest BCUT2D eigenvalue weighted by atomic mass is 32.2. The van der Waals surface area contributed by atoms with Crippen LogP contribution in [0, 0.1) is 13.8 Å². The van der Waals surface area contributed by atoms with Crippen molar-refractivity contribution in [3.05, 3.63) is 83.2 Å². The molecule has 7 nitrogen and oxygen atoms in total. The Bertz CT molecular complexity index is 1530. The van der Waals surface area contributed by atoms with Gasteiger partial charge in [0.1, 0.15) is 0 Å². The monoisotopic (exact) mass is 534 g/mol. The molecule has 5 rings (SSSR count). The van der Waals surface area contributed by atoms with E-state index in [1.807, 2.05) is 32.9 Å². The second kappa shape index (κ2) is 10.3. The molecule has 1 amide bonds. The van der Waals surface area contributed by atoms with E-state index in [1.54, 1.807) is 33.7 Å². The average molecular weight is 535 g/mol. The van der Waals surface area contributed by atoms with E-state index >= 15 is 0 Å². The molecule has 1 aliphatic heterocycles. The van der Waals surface area contributed by atoms with E-state index in [0.717, 1.165) is 46.2 Å². The number of pyridine rings is 1. The smallest absolute Gasteiger partial charge is 0.260 e. The van der Waals surface area contributed by atoms with E-state index in [0.29, 0.717) is 23.8 Å². The van der Waals surface area contributed by atoms with Gasteiger partial charge in [0.2, 0.25) is 10.0 Å². The standard InChI is InChI=1S/C28H30N4O3S2/c1-19-15-20(2)26-25(16-19)36-28(30-26)31(18-22-8-6-13-29-17-22)27(33)23-9-11-24(12-10-23)37(34,35)32-14-5-4-7-21(32)3/h6,8-13,15-17,21H,4-5,7,14,18H2,1-3H3. The molecule has 0 spiro atoms. The number of benzene rings is 2. The van der Waals surface area contributed by atoms with Crippen molar-refractivity contribution in [2.75, 3.05) is 11.4 Å². The summed E-state index contributed by atoms with van der Waals surface area (Å²) < 4.78 is 29.1. The summed E-state index contributed by atoms with van der Waals surface area (Å²) in [5, 5.41) is 0.594. The molecule has 37 heavy (non-hydrogen) atoms. The molecular weight excluding hydrogens is 504 g/mol. The Morgan fingerprint density at radius 3 is 2.62 bits per heavy atom. The predicted molar refractivity (Wildman–Crippen MR) is 147 cm³/mol. The molecule has 2 aromatic heterocycles. The van der Waals surface area contributed by atoms with Crippen LogP contribution >= 0.6 is 11.3 Å². The average Bonchev–Trinajstić information content (AvgIpc) is 3.32. The van der Waals surface area contributed by atoms with Crippen molar-refractivity contribution in [1.82, 2.24) is 14.3 Å². The summed E-state index contributed by atoms with van der Waals surface area (Å²) in [6.07, 6.45) is 6.20. The van der Waals surface area contributed by atoms with Crippen molar-refractivity contribution < 1.29 is 13.2 Å². The van der Waals surface area contributed by atoms with Gasteiger partial charge in [-0.25, -0.2) is 13.4 Å². The maximum atomic E-state index is 13.8. The van der Waals surface area contributed by atoms with Gasteiger partial charge in [0.25, 0.3) is 5.91 Å². The van der Waals surface area contributed by atoms with Gasteiger partial charge in [-0.1, -0.05) is 29.9 Å². The number of carbonyl (C=O) groups excluding carboxylic acids is 1. The number of piperidine rings is 1. The molecular formula is C28H30N4O3S2. The fourth-order valence-electron chi connectivity index (χ4n) is 4.86. The number of amides is 1. The van der Waals surface area contributed by atoms with Crippen LogP contribution in [0.2, 0.25) is 0 Å². The molecule has 4 aromatic rings. The number of hydrogen-bond donors (Lipinski definition) is 0. The summed E-state index contributed by atoms with van der Waals surface area (Å²) >= 11 is 1.47. The van der Waals surface area contributed by atoms with Gasteiger partial charge in [0, 0.05) is 30.5 Å². The van der Waals surface area contributed by atoms with E-state index in [2.05, 4.69) is 17.1 Å². The zero-order valence-corrected chi connectivity index (χ0v) is 22.8. The van der Waals surface area contributed by atoms with Gasteiger partial charge in [-0.15, -0.1) is 0 Å². The van der Waals surface area contributed by atoms with Gasteiger partial charge in [-0.2, -0.15) is 4.31 Å². The highest BCUT2D eigenvalue weighted by Crippen LogP contribution is 2.33. The largest absolute Gasteiger partial charge is 0.279 e. The summed E-state index contributed by atoms with van der Waals surface area (Å²) in [7, 11) is -3.61. The van der Waals surface area contributed by atoms with Crippen LogP contribution in [0.3, 0.4) is 0 Å². The number of nitrogens with zero attached hydrogens (tertiary/aromatic N) is 4. The van der Waals surface area contributed by atoms with Gasteiger partial charge in [0.15, 0.2) is 5.13 Å². The van der Waals surface area contributed by atoms with Gasteiger partial charge >= 0.3 is 0 Å². The number of aryl methyl sites for hydroxylation is 2. The quantitative estimate of drug-likeness (QED) is 0.316. The van der Waals surface area contributed by atoms with Crippen LogP contribution in [0.15, 0.2) is 65.8 Å². The maximum absolute atomic E-state index is 13.8. The molecule has 0 aliphatic carbocycles. The third-order valence-corrected chi connectivity index (χ3v) is 9.86. The molecule has 1 unspecified atom stereocenters. The van der Waals surface area contributed by atoms with Crippen molar-refractivity contribution >= 4 is 42.6 Å². The number of rotatable bonds is 6. The molecule has 1 fully saturated rings. The Hall–Kier alpha value is -3.14. The number of fused-ring (bicyclic) bond motifs is 1. The molecule has 1 atom stereocenters. The zero-order chi connectivity index (χ0) is 26.2. The normalized spacial score (nSPS) is 16.7. The number of aromatic nitrogens is 2. The lowest BCUT2D eigenvalue weighted by Gasteiger charge is -2.32. The second-order valence-corrected chi connectivity index (χ2v) is 12.6. The second-order valence-electron chi connectivity index (χ2n) is 9.66. The van der Waals surface area contributed by atoms with Crippen molar-refractivity contribution in [3.63, 3.8) is 0 Å². The summed E-state index contributed by atoms with van der Waals surface area (Å²) in [5.74, 6) is -0.243. The molecule has 1 saturated heterocycles. The lowest BCUT2D eigenvalue weighted by atomic mass is 10.1. The lowest BCUT2D eigenvalue weighted by molar-refractivity contribution is 0.0985. The van der Waals surface area contributed by atoms with Gasteiger partial charge < -0.3 is 0 Å². The van der Waals surface area contributed by atoms with E-state index in [9.17, 15) is 13.2 Å². The highest BCUT2D eigenvalue weighted by molar-refractivity contribution is 7.89. The van der Waals surface area contributed by atoms with Crippen LogP contribution in [0.5, 0.6) is 0 Å². The third kappa shape index (κ3) is 5.16. The Morgan fingerprint density at radius 1 is 1.14 bits per heavy atom. The predicted octanol–water partition coefficient (Wildman–Crippen LogP) is 5.72. The van der Waals surface area contributed by atoms with Crippen LogP contribution in [0.1, 0.15) is 53.2 Å². The highest BCUT2D eigenvalue weighted by Gasteiger charge is 2.31. The number of sulfonamides is 1. The first kappa shape index (κ1) is 25.5. The third-order valence-electron chi connectivity index (χ3n) is 6.81. The molecule has 0 N–H and O–H groups in total. The van der Waals surface area contributed by atoms with E-state index in [-0.39, 0.29) is 16.8 Å². The molecule has 2 aromatic carbocycles. The number of hydrogen-bond acceptors (Lipinski definition) is 6. The van der Waals surface area contributed by atoms with E-state index < -0.39 is 10.0 Å². The van der Waals surface area contributed by atoms with Crippen LogP contribution in [-0.4, -0.2) is 41.2 Å². The van der Waals surface area contributed by atoms with Crippen LogP contribution in [-0.2, 0) is 16.6 Å². The Balaban J connectivity index is 1.49. The van der Waals surface area contributed by atoms with E-state index in [1.165, 1.54) is 23.5 Å². The fraction of sp³-hybridized carbons (Fsp3) is 0.321. The summed E-state index contributed by atoms with van der Waals surface area (Å²) in [6.45, 7) is 6.85. The fourth-order valence-corrected chi connectivity index (χ4v) is 7.70. The van der Waals surface area contributed by atoms with Crippen molar-refractivity contribution in [3.8, 4) is 0 Å². The summed E-state index contributed by atoms with van der Waals surface area (Å²) in [6, 6.07) is 14.2. The topological polar surface area (TPSA) is 83.5 Å². The first-order chi connectivity index (χ1) is 17.7. The number of thiazole rings is 1. The molecule has 3 heterocycles. The van der Waals surface area contributed by atoms with Crippen LogP contribution in [0.25, 0.3) is 10.2 Å². The maximum Gasteiger partial charge on any atom is 0.260 e. The minimum absolute atomic E-state index is 0.0267. The molecule has 0 bridgehead atoms. The minimum atomic E-state index is -3.61. The SMILES string of the molecule is Cc1cc(C)c2nc(N(Cc3cccnc3)C(=O)c3ccc(S(=O)(=O)N4CCCCC4C)cc3)sc2c1. The molecule has 0 saturated carbocycles. The van der Waals surface area contributed by atoms with Crippen molar-refractivity contribution in [2.24, 2.45) is 0 Å². The van der Waals surface area contributed by atoms with Crippen molar-refractivity contribution in [2.45, 2.75) is 57.5 Å². The Morgan fingerprint density at radius 2 is 1.92 bits per heavy atom. The van der Waals surface area contributed by atoms with E-state index in [4.69, 9.17) is 4.98 Å².